The number of carbonyl (C=O) groups is 1. The van der Waals surface area contributed by atoms with Gasteiger partial charge in [0.2, 0.25) is 0 Å². The Morgan fingerprint density at radius 1 is 1.21 bits per heavy atom. The molecule has 28 heavy (non-hydrogen) atoms. The zero-order valence-corrected chi connectivity index (χ0v) is 16.1. The first kappa shape index (κ1) is 18.5. The molecule has 3 aromatic rings. The number of furan rings is 2. The number of hydrazone groups is 1. The SMILES string of the molecule is C[C@H](NCC(=O)N1N=C(c2ccc(Cl)cc2)C[C@@H]1c1ccco1)c1ccco1. The fourth-order valence-electron chi connectivity index (χ4n) is 3.22. The highest BCUT2D eigenvalue weighted by Gasteiger charge is 2.34. The first-order valence-corrected chi connectivity index (χ1v) is 9.45. The van der Waals surface area contributed by atoms with Gasteiger partial charge in [-0.25, -0.2) is 5.01 Å². The maximum Gasteiger partial charge on any atom is 0.257 e. The number of nitrogens with one attached hydrogen (secondary N) is 1. The van der Waals surface area contributed by atoms with Crippen LogP contribution in [0.2, 0.25) is 5.02 Å². The molecule has 0 unspecified atom stereocenters. The van der Waals surface area contributed by atoms with Crippen LogP contribution >= 0.6 is 11.6 Å². The minimum absolute atomic E-state index is 0.0802. The highest BCUT2D eigenvalue weighted by Crippen LogP contribution is 2.33. The second kappa shape index (κ2) is 8.04. The van der Waals surface area contributed by atoms with Crippen LogP contribution in [-0.4, -0.2) is 23.2 Å². The summed E-state index contributed by atoms with van der Waals surface area (Å²) < 4.78 is 10.9. The molecule has 1 amide bonds. The van der Waals surface area contributed by atoms with Crippen molar-refractivity contribution in [3.8, 4) is 0 Å². The summed E-state index contributed by atoms with van der Waals surface area (Å²) in [6.07, 6.45) is 3.80. The Labute approximate surface area is 167 Å². The second-order valence-electron chi connectivity index (χ2n) is 6.65. The lowest BCUT2D eigenvalue weighted by Crippen LogP contribution is -2.36. The van der Waals surface area contributed by atoms with Crippen LogP contribution in [0.15, 0.2) is 75.0 Å². The maximum absolute atomic E-state index is 12.9. The summed E-state index contributed by atoms with van der Waals surface area (Å²) in [6.45, 7) is 2.08. The van der Waals surface area contributed by atoms with Crippen LogP contribution in [-0.2, 0) is 4.79 Å². The molecule has 3 heterocycles. The van der Waals surface area contributed by atoms with Crippen molar-refractivity contribution in [2.75, 3.05) is 6.54 Å². The molecule has 0 bridgehead atoms. The van der Waals surface area contributed by atoms with Gasteiger partial charge in [0, 0.05) is 11.4 Å². The van der Waals surface area contributed by atoms with E-state index in [1.54, 1.807) is 12.5 Å². The zero-order valence-electron chi connectivity index (χ0n) is 15.3. The molecule has 2 atom stereocenters. The van der Waals surface area contributed by atoms with Crippen molar-refractivity contribution in [1.29, 1.82) is 0 Å². The number of benzene rings is 1. The van der Waals surface area contributed by atoms with Crippen molar-refractivity contribution in [3.63, 3.8) is 0 Å². The third-order valence-electron chi connectivity index (χ3n) is 4.74. The third-order valence-corrected chi connectivity index (χ3v) is 5.00. The Morgan fingerprint density at radius 3 is 2.64 bits per heavy atom. The van der Waals surface area contributed by atoms with Gasteiger partial charge in [0.1, 0.15) is 17.6 Å². The van der Waals surface area contributed by atoms with Crippen LogP contribution in [0.3, 0.4) is 0 Å². The van der Waals surface area contributed by atoms with Crippen molar-refractivity contribution in [2.24, 2.45) is 5.10 Å². The van der Waals surface area contributed by atoms with E-state index in [0.717, 1.165) is 17.0 Å². The summed E-state index contributed by atoms with van der Waals surface area (Å²) in [7, 11) is 0. The maximum atomic E-state index is 12.9. The monoisotopic (exact) mass is 397 g/mol. The Balaban J connectivity index is 1.52. The largest absolute Gasteiger partial charge is 0.468 e. The summed E-state index contributed by atoms with van der Waals surface area (Å²) in [5.41, 5.74) is 1.76. The number of nitrogens with zero attached hydrogens (tertiary/aromatic N) is 2. The van der Waals surface area contributed by atoms with Crippen LogP contribution in [0.4, 0.5) is 0 Å². The number of hydrogen-bond donors (Lipinski definition) is 1. The summed E-state index contributed by atoms with van der Waals surface area (Å²) in [5.74, 6) is 1.35. The molecule has 0 aliphatic carbocycles. The van der Waals surface area contributed by atoms with Crippen LogP contribution in [0, 0.1) is 0 Å². The summed E-state index contributed by atoms with van der Waals surface area (Å²) in [5, 5.41) is 9.95. The molecule has 4 rings (SSSR count). The van der Waals surface area contributed by atoms with Gasteiger partial charge in [-0.15, -0.1) is 0 Å². The van der Waals surface area contributed by atoms with Crippen LogP contribution in [0.25, 0.3) is 0 Å². The molecule has 0 fully saturated rings. The Bertz CT molecular complexity index is 949. The Hall–Kier alpha value is -2.83. The lowest BCUT2D eigenvalue weighted by molar-refractivity contribution is -0.132. The number of rotatable bonds is 6. The number of amides is 1. The molecule has 0 saturated heterocycles. The van der Waals surface area contributed by atoms with E-state index >= 15 is 0 Å². The van der Waals surface area contributed by atoms with Crippen molar-refractivity contribution in [2.45, 2.75) is 25.4 Å². The van der Waals surface area contributed by atoms with Crippen LogP contribution in [0.5, 0.6) is 0 Å². The smallest absolute Gasteiger partial charge is 0.257 e. The minimum Gasteiger partial charge on any atom is -0.468 e. The second-order valence-corrected chi connectivity index (χ2v) is 7.08. The quantitative estimate of drug-likeness (QED) is 0.662. The zero-order chi connectivity index (χ0) is 19.5. The summed E-state index contributed by atoms with van der Waals surface area (Å²) >= 11 is 5.99. The molecule has 1 N–H and O–H groups in total. The van der Waals surface area contributed by atoms with Crippen molar-refractivity contribution in [1.82, 2.24) is 10.3 Å². The van der Waals surface area contributed by atoms with Crippen molar-refractivity contribution >= 4 is 23.2 Å². The number of hydrogen-bond acceptors (Lipinski definition) is 5. The lowest BCUT2D eigenvalue weighted by atomic mass is 10.0. The first-order valence-electron chi connectivity index (χ1n) is 9.07. The molecular weight excluding hydrogens is 378 g/mol. The molecule has 0 spiro atoms. The van der Waals surface area contributed by atoms with E-state index in [0.29, 0.717) is 17.2 Å². The third kappa shape index (κ3) is 3.88. The van der Waals surface area contributed by atoms with Gasteiger partial charge in [-0.1, -0.05) is 23.7 Å². The van der Waals surface area contributed by atoms with Gasteiger partial charge >= 0.3 is 0 Å². The fraction of sp³-hybridized carbons (Fsp3) is 0.238. The molecule has 144 valence electrons. The molecule has 1 aliphatic rings. The van der Waals surface area contributed by atoms with Gasteiger partial charge in [0.15, 0.2) is 0 Å². The van der Waals surface area contributed by atoms with Crippen molar-refractivity contribution < 1.29 is 13.6 Å². The van der Waals surface area contributed by atoms with E-state index in [4.69, 9.17) is 20.4 Å². The van der Waals surface area contributed by atoms with Gasteiger partial charge in [0.05, 0.1) is 30.8 Å². The Morgan fingerprint density at radius 2 is 1.96 bits per heavy atom. The minimum atomic E-state index is -0.270. The molecule has 6 nitrogen and oxygen atoms in total. The lowest BCUT2D eigenvalue weighted by Gasteiger charge is -2.21. The van der Waals surface area contributed by atoms with Gasteiger partial charge in [-0.2, -0.15) is 5.10 Å². The molecule has 1 aromatic carbocycles. The van der Waals surface area contributed by atoms with E-state index in [-0.39, 0.29) is 24.5 Å². The fourth-order valence-corrected chi connectivity index (χ4v) is 3.35. The van der Waals surface area contributed by atoms with Crippen molar-refractivity contribution in [3.05, 3.63) is 83.2 Å². The molecule has 7 heteroatoms. The first-order chi connectivity index (χ1) is 13.6. The van der Waals surface area contributed by atoms with E-state index < -0.39 is 0 Å². The predicted octanol–water partition coefficient (Wildman–Crippen LogP) is 4.55. The van der Waals surface area contributed by atoms with E-state index in [1.807, 2.05) is 55.5 Å². The van der Waals surface area contributed by atoms with Gasteiger partial charge in [0.25, 0.3) is 5.91 Å². The van der Waals surface area contributed by atoms with Gasteiger partial charge < -0.3 is 8.83 Å². The normalized spacial score (nSPS) is 17.6. The van der Waals surface area contributed by atoms with Crippen LogP contribution in [0.1, 0.15) is 42.5 Å². The van der Waals surface area contributed by atoms with Gasteiger partial charge in [-0.05, 0) is 48.9 Å². The number of halogens is 1. The summed E-state index contributed by atoms with van der Waals surface area (Å²) in [6, 6.07) is 14.5. The standard InChI is InChI=1S/C21H20ClN3O3/c1-14(19-4-2-10-27-19)23-13-21(26)25-18(20-5-3-11-28-20)12-17(24-25)15-6-8-16(22)9-7-15/h2-11,14,18,23H,12-13H2,1H3/t14-,18+/m0/s1. The molecular formula is C21H20ClN3O3. The highest BCUT2D eigenvalue weighted by atomic mass is 35.5. The molecule has 0 radical (unpaired) electrons. The molecule has 2 aromatic heterocycles. The van der Waals surface area contributed by atoms with E-state index in [1.165, 1.54) is 5.01 Å². The average molecular weight is 398 g/mol. The molecule has 1 aliphatic heterocycles. The van der Waals surface area contributed by atoms with Gasteiger partial charge in [-0.3, -0.25) is 10.1 Å². The van der Waals surface area contributed by atoms with E-state index in [2.05, 4.69) is 10.4 Å². The topological polar surface area (TPSA) is 71.0 Å². The van der Waals surface area contributed by atoms with Crippen LogP contribution < -0.4 is 5.32 Å². The number of carbonyl (C=O) groups excluding carboxylic acids is 1. The Kier molecular flexibility index (Phi) is 5.32. The highest BCUT2D eigenvalue weighted by molar-refractivity contribution is 6.30. The summed E-state index contributed by atoms with van der Waals surface area (Å²) in [4.78, 5) is 12.9. The van der Waals surface area contributed by atoms with E-state index in [9.17, 15) is 4.79 Å². The molecule has 0 saturated carbocycles. The predicted molar refractivity (Wildman–Crippen MR) is 106 cm³/mol. The average Bonchev–Trinajstić information content (AvgIpc) is 3.47.